The fourth-order valence-corrected chi connectivity index (χ4v) is 1.95. The number of urea groups is 1. The maximum Gasteiger partial charge on any atom is 0.319 e. The number of hydrogen-bond donors (Lipinski definition) is 0. The van der Waals surface area contributed by atoms with Crippen molar-refractivity contribution in [2.75, 3.05) is 47.8 Å². The van der Waals surface area contributed by atoms with Gasteiger partial charge in [0.1, 0.15) is 0 Å². The van der Waals surface area contributed by atoms with Crippen LogP contribution in [-0.2, 0) is 0 Å². The van der Waals surface area contributed by atoms with Crippen molar-refractivity contribution in [1.82, 2.24) is 14.7 Å². The third kappa shape index (κ3) is 2.87. The minimum absolute atomic E-state index is 0.145. The van der Waals surface area contributed by atoms with Gasteiger partial charge in [-0.15, -0.1) is 0 Å². The van der Waals surface area contributed by atoms with E-state index in [0.717, 1.165) is 26.1 Å². The zero-order valence-corrected chi connectivity index (χ0v) is 9.66. The Hall–Kier alpha value is -0.770. The molecule has 0 bridgehead atoms. The highest BCUT2D eigenvalue weighted by molar-refractivity contribution is 5.74. The first-order chi connectivity index (χ1) is 6.50. The largest absolute Gasteiger partial charge is 0.331 e. The summed E-state index contributed by atoms with van der Waals surface area (Å²) in [6.45, 7) is 2.90. The Kier molecular flexibility index (Phi) is 3.75. The Labute approximate surface area is 86.5 Å². The standard InChI is InChI=1S/C10H21N3O/c1-11(2)7-9-5-6-13(8-9)10(14)12(3)4/h9H,5-8H2,1-4H3. The van der Waals surface area contributed by atoms with Crippen LogP contribution in [-0.4, -0.2) is 68.6 Å². The second kappa shape index (κ2) is 4.64. The van der Waals surface area contributed by atoms with Crippen LogP contribution in [0.25, 0.3) is 0 Å². The second-order valence-electron chi connectivity index (χ2n) is 4.54. The molecule has 2 amide bonds. The Morgan fingerprint density at radius 2 is 2.00 bits per heavy atom. The summed E-state index contributed by atoms with van der Waals surface area (Å²) >= 11 is 0. The molecule has 4 nitrogen and oxygen atoms in total. The minimum Gasteiger partial charge on any atom is -0.331 e. The molecule has 1 saturated heterocycles. The third-order valence-corrected chi connectivity index (χ3v) is 2.56. The molecule has 1 aliphatic rings. The van der Waals surface area contributed by atoms with Crippen molar-refractivity contribution in [2.45, 2.75) is 6.42 Å². The predicted molar refractivity (Wildman–Crippen MR) is 57.3 cm³/mol. The molecule has 0 aromatic carbocycles. The van der Waals surface area contributed by atoms with Crippen LogP contribution in [0.15, 0.2) is 0 Å². The van der Waals surface area contributed by atoms with Crippen molar-refractivity contribution >= 4 is 6.03 Å². The van der Waals surface area contributed by atoms with Crippen molar-refractivity contribution in [3.8, 4) is 0 Å². The molecular weight excluding hydrogens is 178 g/mol. The van der Waals surface area contributed by atoms with E-state index in [1.165, 1.54) is 0 Å². The van der Waals surface area contributed by atoms with E-state index in [9.17, 15) is 4.79 Å². The van der Waals surface area contributed by atoms with Crippen LogP contribution in [0.3, 0.4) is 0 Å². The van der Waals surface area contributed by atoms with Gasteiger partial charge in [-0.3, -0.25) is 0 Å². The van der Waals surface area contributed by atoms with Crippen molar-refractivity contribution in [1.29, 1.82) is 0 Å². The van der Waals surface area contributed by atoms with Crippen LogP contribution in [0.4, 0.5) is 4.79 Å². The van der Waals surface area contributed by atoms with Gasteiger partial charge >= 0.3 is 6.03 Å². The molecule has 0 aliphatic carbocycles. The highest BCUT2D eigenvalue weighted by Gasteiger charge is 2.27. The number of amides is 2. The number of hydrogen-bond acceptors (Lipinski definition) is 2. The number of carbonyl (C=O) groups excluding carboxylic acids is 1. The summed E-state index contributed by atoms with van der Waals surface area (Å²) in [5.41, 5.74) is 0. The summed E-state index contributed by atoms with van der Waals surface area (Å²) in [5.74, 6) is 0.647. The van der Waals surface area contributed by atoms with Gasteiger partial charge in [0.05, 0.1) is 0 Å². The van der Waals surface area contributed by atoms with Crippen molar-refractivity contribution in [3.63, 3.8) is 0 Å². The summed E-state index contributed by atoms with van der Waals surface area (Å²) in [4.78, 5) is 17.4. The maximum atomic E-state index is 11.6. The highest BCUT2D eigenvalue weighted by Crippen LogP contribution is 2.17. The zero-order chi connectivity index (χ0) is 10.7. The highest BCUT2D eigenvalue weighted by atomic mass is 16.2. The fraction of sp³-hybridized carbons (Fsp3) is 0.900. The van der Waals surface area contributed by atoms with E-state index in [2.05, 4.69) is 19.0 Å². The Morgan fingerprint density at radius 1 is 1.36 bits per heavy atom. The average molecular weight is 199 g/mol. The van der Waals surface area contributed by atoms with Gasteiger partial charge in [0.15, 0.2) is 0 Å². The molecule has 0 radical (unpaired) electrons. The van der Waals surface area contributed by atoms with Crippen molar-refractivity contribution in [2.24, 2.45) is 5.92 Å². The van der Waals surface area contributed by atoms with Gasteiger partial charge in [0.2, 0.25) is 0 Å². The average Bonchev–Trinajstić information content (AvgIpc) is 2.50. The normalized spacial score (nSPS) is 21.8. The summed E-state index contributed by atoms with van der Waals surface area (Å²) in [6.07, 6.45) is 1.14. The molecule has 1 fully saturated rings. The molecule has 1 atom stereocenters. The topological polar surface area (TPSA) is 26.8 Å². The van der Waals surface area contributed by atoms with Gasteiger partial charge in [-0.1, -0.05) is 0 Å². The van der Waals surface area contributed by atoms with Crippen LogP contribution in [0.2, 0.25) is 0 Å². The maximum absolute atomic E-state index is 11.6. The lowest BCUT2D eigenvalue weighted by atomic mass is 10.1. The van der Waals surface area contributed by atoms with Crippen LogP contribution in [0, 0.1) is 5.92 Å². The van der Waals surface area contributed by atoms with E-state index in [1.807, 2.05) is 19.0 Å². The third-order valence-electron chi connectivity index (χ3n) is 2.56. The van der Waals surface area contributed by atoms with Crippen LogP contribution in [0.1, 0.15) is 6.42 Å². The fourth-order valence-electron chi connectivity index (χ4n) is 1.95. The first-order valence-electron chi connectivity index (χ1n) is 5.11. The van der Waals surface area contributed by atoms with Gasteiger partial charge in [0.25, 0.3) is 0 Å². The SMILES string of the molecule is CN(C)CC1CCN(C(=O)N(C)C)C1. The zero-order valence-electron chi connectivity index (χ0n) is 9.66. The first-order valence-corrected chi connectivity index (χ1v) is 5.11. The van der Waals surface area contributed by atoms with E-state index in [4.69, 9.17) is 0 Å². The molecule has 1 unspecified atom stereocenters. The predicted octanol–water partition coefficient (Wildman–Crippen LogP) is 0.552. The molecule has 0 aromatic rings. The van der Waals surface area contributed by atoms with Gasteiger partial charge in [-0.2, -0.15) is 0 Å². The van der Waals surface area contributed by atoms with Crippen LogP contribution in [0.5, 0.6) is 0 Å². The molecule has 0 aromatic heterocycles. The lowest BCUT2D eigenvalue weighted by molar-refractivity contribution is 0.179. The Morgan fingerprint density at radius 3 is 2.50 bits per heavy atom. The van der Waals surface area contributed by atoms with Gasteiger partial charge in [-0.25, -0.2) is 4.79 Å². The number of rotatable bonds is 2. The minimum atomic E-state index is 0.145. The lowest BCUT2D eigenvalue weighted by Crippen LogP contribution is -2.38. The summed E-state index contributed by atoms with van der Waals surface area (Å²) in [6, 6.07) is 0.145. The van der Waals surface area contributed by atoms with E-state index in [1.54, 1.807) is 4.90 Å². The first kappa shape index (κ1) is 11.3. The van der Waals surface area contributed by atoms with E-state index >= 15 is 0 Å². The van der Waals surface area contributed by atoms with Crippen molar-refractivity contribution in [3.05, 3.63) is 0 Å². The summed E-state index contributed by atoms with van der Waals surface area (Å²) in [5, 5.41) is 0. The lowest BCUT2D eigenvalue weighted by Gasteiger charge is -2.22. The van der Waals surface area contributed by atoms with E-state index in [-0.39, 0.29) is 6.03 Å². The monoisotopic (exact) mass is 199 g/mol. The molecule has 4 heteroatoms. The smallest absolute Gasteiger partial charge is 0.319 e. The molecule has 0 spiro atoms. The number of carbonyl (C=O) groups is 1. The van der Waals surface area contributed by atoms with Gasteiger partial charge < -0.3 is 14.7 Å². The quantitative estimate of drug-likeness (QED) is 0.649. The molecular formula is C10H21N3O. The van der Waals surface area contributed by atoms with Crippen LogP contribution < -0.4 is 0 Å². The Balaban J connectivity index is 2.37. The molecule has 1 heterocycles. The van der Waals surface area contributed by atoms with Crippen molar-refractivity contribution < 1.29 is 4.79 Å². The number of likely N-dealkylation sites (tertiary alicyclic amines) is 1. The molecule has 14 heavy (non-hydrogen) atoms. The van der Waals surface area contributed by atoms with Gasteiger partial charge in [0, 0.05) is 33.7 Å². The van der Waals surface area contributed by atoms with Crippen LogP contribution >= 0.6 is 0 Å². The van der Waals surface area contributed by atoms with E-state index in [0.29, 0.717) is 5.92 Å². The Bertz CT molecular complexity index is 204. The molecule has 0 saturated carbocycles. The molecule has 82 valence electrons. The van der Waals surface area contributed by atoms with E-state index < -0.39 is 0 Å². The summed E-state index contributed by atoms with van der Waals surface area (Å²) < 4.78 is 0. The molecule has 1 rings (SSSR count). The second-order valence-corrected chi connectivity index (χ2v) is 4.54. The number of nitrogens with zero attached hydrogens (tertiary/aromatic N) is 3. The summed E-state index contributed by atoms with van der Waals surface area (Å²) in [7, 11) is 7.77. The van der Waals surface area contributed by atoms with Gasteiger partial charge in [-0.05, 0) is 26.4 Å². The molecule has 1 aliphatic heterocycles. The molecule has 0 N–H and O–H groups in total.